The first-order valence-electron chi connectivity index (χ1n) is 8.20. The predicted molar refractivity (Wildman–Crippen MR) is 93.5 cm³/mol. The average molecular weight is 358 g/mol. The zero-order valence-electron chi connectivity index (χ0n) is 14.3. The first kappa shape index (κ1) is 17.7. The van der Waals surface area contributed by atoms with Crippen LogP contribution < -0.4 is 15.0 Å². The van der Waals surface area contributed by atoms with Crippen LogP contribution in [0.25, 0.3) is 0 Å². The van der Waals surface area contributed by atoms with Crippen molar-refractivity contribution in [3.05, 3.63) is 59.9 Å². The van der Waals surface area contributed by atoms with Crippen molar-refractivity contribution >= 4 is 17.7 Å². The normalized spacial score (nSPS) is 16.5. The number of alkyl carbamates (subject to hydrolysis) is 1. The quantitative estimate of drug-likeness (QED) is 0.892. The molecule has 2 aromatic carbocycles. The van der Waals surface area contributed by atoms with Crippen LogP contribution in [0.1, 0.15) is 12.0 Å². The summed E-state index contributed by atoms with van der Waals surface area (Å²) < 4.78 is 23.3. The number of halogens is 1. The van der Waals surface area contributed by atoms with Crippen LogP contribution in [0.5, 0.6) is 5.75 Å². The molecule has 1 aliphatic heterocycles. The van der Waals surface area contributed by atoms with E-state index in [-0.39, 0.29) is 18.3 Å². The van der Waals surface area contributed by atoms with E-state index in [0.29, 0.717) is 18.7 Å². The van der Waals surface area contributed by atoms with Crippen LogP contribution in [0.2, 0.25) is 0 Å². The van der Waals surface area contributed by atoms with Crippen molar-refractivity contribution in [1.29, 1.82) is 0 Å². The molecule has 0 aliphatic carbocycles. The van der Waals surface area contributed by atoms with Gasteiger partial charge in [-0.2, -0.15) is 0 Å². The average Bonchev–Trinajstić information content (AvgIpc) is 3.01. The number of hydrogen-bond donors (Lipinski definition) is 1. The van der Waals surface area contributed by atoms with Crippen LogP contribution in [0.4, 0.5) is 14.9 Å². The highest BCUT2D eigenvalue weighted by Crippen LogP contribution is 2.24. The van der Waals surface area contributed by atoms with Crippen molar-refractivity contribution < 1.29 is 23.5 Å². The molecule has 0 spiro atoms. The van der Waals surface area contributed by atoms with Crippen LogP contribution >= 0.6 is 0 Å². The number of methoxy groups -OCH3 is 1. The summed E-state index contributed by atoms with van der Waals surface area (Å²) in [6, 6.07) is 12.7. The molecular formula is C19H19FN2O4. The maximum atomic E-state index is 13.2. The number of amides is 2. The lowest BCUT2D eigenvalue weighted by Gasteiger charge is -2.17. The molecule has 2 aromatic rings. The minimum absolute atomic E-state index is 0.177. The van der Waals surface area contributed by atoms with E-state index < -0.39 is 12.1 Å². The van der Waals surface area contributed by atoms with Gasteiger partial charge in [0.05, 0.1) is 7.11 Å². The van der Waals surface area contributed by atoms with Crippen molar-refractivity contribution in [2.45, 2.75) is 19.1 Å². The van der Waals surface area contributed by atoms with Gasteiger partial charge in [-0.25, -0.2) is 9.18 Å². The van der Waals surface area contributed by atoms with Gasteiger partial charge >= 0.3 is 6.09 Å². The fourth-order valence-corrected chi connectivity index (χ4v) is 2.79. The highest BCUT2D eigenvalue weighted by molar-refractivity contribution is 6.00. The molecule has 136 valence electrons. The molecule has 1 saturated heterocycles. The second-order valence-electron chi connectivity index (χ2n) is 5.88. The van der Waals surface area contributed by atoms with Crippen molar-refractivity contribution in [3.63, 3.8) is 0 Å². The highest BCUT2D eigenvalue weighted by Gasteiger charge is 2.33. The lowest BCUT2D eigenvalue weighted by molar-refractivity contribution is -0.118. The zero-order chi connectivity index (χ0) is 18.5. The Kier molecular flexibility index (Phi) is 5.36. The van der Waals surface area contributed by atoms with E-state index in [4.69, 9.17) is 4.74 Å². The van der Waals surface area contributed by atoms with E-state index in [1.165, 1.54) is 19.2 Å². The SMILES string of the molecule is COC(=O)N[C@H]1CCN(c2ccc(OCc3cccc(F)c3)cc2)C1=O. The third kappa shape index (κ3) is 4.11. The first-order chi connectivity index (χ1) is 12.6. The summed E-state index contributed by atoms with van der Waals surface area (Å²) in [6.07, 6.45) is -0.0996. The van der Waals surface area contributed by atoms with E-state index in [9.17, 15) is 14.0 Å². The van der Waals surface area contributed by atoms with Gasteiger partial charge in [-0.3, -0.25) is 4.79 Å². The van der Waals surface area contributed by atoms with Gasteiger partial charge in [-0.05, 0) is 48.4 Å². The Morgan fingerprint density at radius 2 is 2.04 bits per heavy atom. The Morgan fingerprint density at radius 1 is 1.27 bits per heavy atom. The number of nitrogens with one attached hydrogen (secondary N) is 1. The van der Waals surface area contributed by atoms with E-state index in [0.717, 1.165) is 11.3 Å². The Morgan fingerprint density at radius 3 is 2.73 bits per heavy atom. The van der Waals surface area contributed by atoms with Crippen LogP contribution in [-0.4, -0.2) is 31.7 Å². The summed E-state index contributed by atoms with van der Waals surface area (Å²) in [5, 5.41) is 2.52. The molecule has 2 amide bonds. The number of nitrogens with zero attached hydrogens (tertiary/aromatic N) is 1. The molecule has 3 rings (SSSR count). The number of hydrogen-bond acceptors (Lipinski definition) is 4. The van der Waals surface area contributed by atoms with Gasteiger partial charge < -0.3 is 19.7 Å². The van der Waals surface area contributed by atoms with Gasteiger partial charge in [0.2, 0.25) is 5.91 Å². The predicted octanol–water partition coefficient (Wildman–Crippen LogP) is 2.87. The lowest BCUT2D eigenvalue weighted by atomic mass is 10.2. The minimum Gasteiger partial charge on any atom is -0.489 e. The smallest absolute Gasteiger partial charge is 0.407 e. The lowest BCUT2D eigenvalue weighted by Crippen LogP contribution is -2.41. The summed E-state index contributed by atoms with van der Waals surface area (Å²) in [7, 11) is 1.26. The summed E-state index contributed by atoms with van der Waals surface area (Å²) in [5.74, 6) is 0.141. The van der Waals surface area contributed by atoms with Crippen molar-refractivity contribution in [2.75, 3.05) is 18.6 Å². The van der Waals surface area contributed by atoms with Crippen molar-refractivity contribution in [1.82, 2.24) is 5.32 Å². The summed E-state index contributed by atoms with van der Waals surface area (Å²) >= 11 is 0. The zero-order valence-corrected chi connectivity index (χ0v) is 14.3. The number of carbonyl (C=O) groups excluding carboxylic acids is 2. The topological polar surface area (TPSA) is 67.9 Å². The minimum atomic E-state index is -0.619. The Balaban J connectivity index is 1.59. The number of rotatable bonds is 5. The molecule has 26 heavy (non-hydrogen) atoms. The van der Waals surface area contributed by atoms with E-state index >= 15 is 0 Å². The summed E-state index contributed by atoms with van der Waals surface area (Å²) in [6.45, 7) is 0.766. The van der Waals surface area contributed by atoms with Gasteiger partial charge in [-0.15, -0.1) is 0 Å². The maximum Gasteiger partial charge on any atom is 0.407 e. The van der Waals surface area contributed by atoms with Gasteiger partial charge in [0.25, 0.3) is 0 Å². The first-order valence-corrected chi connectivity index (χ1v) is 8.20. The number of ether oxygens (including phenoxy) is 2. The fourth-order valence-electron chi connectivity index (χ4n) is 2.79. The van der Waals surface area contributed by atoms with Gasteiger partial charge in [-0.1, -0.05) is 12.1 Å². The number of anilines is 1. The third-order valence-electron chi connectivity index (χ3n) is 4.13. The second-order valence-corrected chi connectivity index (χ2v) is 5.88. The van der Waals surface area contributed by atoms with Crippen molar-refractivity contribution in [3.8, 4) is 5.75 Å². The maximum absolute atomic E-state index is 13.2. The molecule has 1 heterocycles. The number of carbonyl (C=O) groups is 2. The molecule has 0 saturated carbocycles. The standard InChI is InChI=1S/C19H19FN2O4/c1-25-19(24)21-17-9-10-22(18(17)23)15-5-7-16(8-6-15)26-12-13-3-2-4-14(20)11-13/h2-8,11,17H,9-10,12H2,1H3,(H,21,24)/t17-/m0/s1. The van der Waals surface area contributed by atoms with E-state index in [2.05, 4.69) is 10.1 Å². The van der Waals surface area contributed by atoms with E-state index in [1.54, 1.807) is 41.3 Å². The largest absolute Gasteiger partial charge is 0.489 e. The van der Waals surface area contributed by atoms with Gasteiger partial charge in [0.15, 0.2) is 0 Å². The fraction of sp³-hybridized carbons (Fsp3) is 0.263. The molecule has 1 aliphatic rings. The van der Waals surface area contributed by atoms with Crippen LogP contribution in [0, 0.1) is 5.82 Å². The molecule has 0 bridgehead atoms. The van der Waals surface area contributed by atoms with Crippen LogP contribution in [-0.2, 0) is 16.1 Å². The monoisotopic (exact) mass is 358 g/mol. The molecule has 0 aromatic heterocycles. The highest BCUT2D eigenvalue weighted by atomic mass is 19.1. The van der Waals surface area contributed by atoms with Crippen LogP contribution in [0.3, 0.4) is 0 Å². The summed E-state index contributed by atoms with van der Waals surface area (Å²) in [4.78, 5) is 25.2. The Labute approximate surface area is 150 Å². The van der Waals surface area contributed by atoms with Crippen molar-refractivity contribution in [2.24, 2.45) is 0 Å². The summed E-state index contributed by atoms with van der Waals surface area (Å²) in [5.41, 5.74) is 1.46. The number of benzene rings is 2. The molecule has 1 N–H and O–H groups in total. The second kappa shape index (κ2) is 7.86. The molecular weight excluding hydrogens is 339 g/mol. The Hall–Kier alpha value is -3.09. The Bertz CT molecular complexity index is 794. The molecule has 1 atom stereocenters. The molecule has 0 radical (unpaired) electrons. The molecule has 7 heteroatoms. The van der Waals surface area contributed by atoms with Gasteiger partial charge in [0.1, 0.15) is 24.2 Å². The molecule has 6 nitrogen and oxygen atoms in total. The van der Waals surface area contributed by atoms with Crippen LogP contribution in [0.15, 0.2) is 48.5 Å². The molecule has 1 fully saturated rings. The van der Waals surface area contributed by atoms with E-state index in [1.807, 2.05) is 0 Å². The molecule has 0 unspecified atom stereocenters. The third-order valence-corrected chi connectivity index (χ3v) is 4.13. The van der Waals surface area contributed by atoms with Gasteiger partial charge in [0, 0.05) is 12.2 Å².